The fourth-order valence-electron chi connectivity index (χ4n) is 6.22. The number of hydrogen-bond acceptors (Lipinski definition) is 0. The van der Waals surface area contributed by atoms with Crippen LogP contribution in [0.1, 0.15) is 47.9 Å². The average molecular weight is 507 g/mol. The maximum atomic E-state index is 2.47. The van der Waals surface area contributed by atoms with Crippen molar-refractivity contribution < 1.29 is 0 Å². The zero-order valence-electron chi connectivity index (χ0n) is 21.2. The summed E-state index contributed by atoms with van der Waals surface area (Å²) in [6, 6.07) is 37.3. The van der Waals surface area contributed by atoms with Crippen molar-refractivity contribution in [3.8, 4) is 0 Å². The summed E-state index contributed by atoms with van der Waals surface area (Å²) in [6.07, 6.45) is 12.9. The van der Waals surface area contributed by atoms with Gasteiger partial charge in [-0.3, -0.25) is 0 Å². The maximum absolute atomic E-state index is 2.47. The number of fused-ring (bicyclic) bond motifs is 2. The van der Waals surface area contributed by atoms with Crippen LogP contribution in [0.15, 0.2) is 97.1 Å². The highest BCUT2D eigenvalue weighted by molar-refractivity contribution is 7.76. The second-order valence-corrected chi connectivity index (χ2v) is 14.8. The van der Waals surface area contributed by atoms with Crippen molar-refractivity contribution in [2.24, 2.45) is 0 Å². The van der Waals surface area contributed by atoms with Crippen LogP contribution in [-0.2, 0) is 25.7 Å². The van der Waals surface area contributed by atoms with Crippen LogP contribution in [0.3, 0.4) is 0 Å². The highest BCUT2D eigenvalue weighted by Crippen LogP contribution is 2.44. The molecule has 0 heterocycles. The Kier molecular flexibility index (Phi) is 7.65. The zero-order chi connectivity index (χ0) is 24.2. The highest BCUT2D eigenvalue weighted by atomic mass is 31.1. The molecule has 2 aliphatic rings. The van der Waals surface area contributed by atoms with Gasteiger partial charge in [-0.1, -0.05) is 97.1 Å². The third-order valence-electron chi connectivity index (χ3n) is 8.01. The average Bonchev–Trinajstić information content (AvgIpc) is 2.96. The van der Waals surface area contributed by atoms with Gasteiger partial charge in [-0.2, -0.15) is 0 Å². The van der Waals surface area contributed by atoms with E-state index in [2.05, 4.69) is 97.1 Å². The lowest BCUT2D eigenvalue weighted by atomic mass is 9.92. The van der Waals surface area contributed by atoms with Gasteiger partial charge in [0.05, 0.1) is 0 Å². The Bertz CT molecular complexity index is 1190. The lowest BCUT2D eigenvalue weighted by Gasteiger charge is -2.29. The molecule has 0 aromatic heterocycles. The van der Waals surface area contributed by atoms with Gasteiger partial charge in [0, 0.05) is 0 Å². The van der Waals surface area contributed by atoms with Crippen LogP contribution in [0.4, 0.5) is 0 Å². The minimum atomic E-state index is -0.374. The Labute approximate surface area is 219 Å². The minimum absolute atomic E-state index is 0.374. The first kappa shape index (κ1) is 24.1. The van der Waals surface area contributed by atoms with Gasteiger partial charge >= 0.3 is 0 Å². The van der Waals surface area contributed by atoms with E-state index in [0.29, 0.717) is 0 Å². The van der Waals surface area contributed by atoms with Gasteiger partial charge in [0.15, 0.2) is 0 Å². The lowest BCUT2D eigenvalue weighted by molar-refractivity contribution is 0.688. The van der Waals surface area contributed by atoms with Crippen molar-refractivity contribution in [3.05, 3.63) is 119 Å². The van der Waals surface area contributed by atoms with Crippen molar-refractivity contribution in [3.63, 3.8) is 0 Å². The summed E-state index contributed by atoms with van der Waals surface area (Å²) < 4.78 is 0. The normalized spacial score (nSPS) is 16.6. The van der Waals surface area contributed by atoms with Gasteiger partial charge in [0.2, 0.25) is 0 Å². The number of aryl methyl sites for hydroxylation is 2. The summed E-state index contributed by atoms with van der Waals surface area (Å²) in [5.74, 6) is 0. The molecule has 2 aliphatic carbocycles. The second-order valence-electron chi connectivity index (χ2n) is 10.2. The Morgan fingerprint density at radius 1 is 0.417 bits per heavy atom. The number of rotatable bonds is 7. The van der Waals surface area contributed by atoms with Crippen LogP contribution in [0.5, 0.6) is 0 Å². The largest absolute Gasteiger partial charge is 0.0622 e. The molecule has 6 rings (SSSR count). The SMILES string of the molecule is c1ccc(P(CCP(c2ccccc2)c2cccc3c2CCCC3)c2cccc3c2CCCC3)cc1. The smallest absolute Gasteiger partial charge is 0.0160 e. The van der Waals surface area contributed by atoms with E-state index in [-0.39, 0.29) is 15.8 Å². The summed E-state index contributed by atoms with van der Waals surface area (Å²) in [5.41, 5.74) is 6.59. The molecule has 2 heteroatoms. The molecule has 0 saturated heterocycles. The predicted octanol–water partition coefficient (Wildman–Crippen LogP) is 7.01. The van der Waals surface area contributed by atoms with Crippen LogP contribution >= 0.6 is 15.8 Å². The van der Waals surface area contributed by atoms with Crippen LogP contribution in [-0.4, -0.2) is 12.3 Å². The summed E-state index contributed by atoms with van der Waals surface area (Å²) in [6.45, 7) is 0. The van der Waals surface area contributed by atoms with Gasteiger partial charge in [0.1, 0.15) is 0 Å². The first-order chi connectivity index (χ1) is 17.9. The van der Waals surface area contributed by atoms with Crippen molar-refractivity contribution in [2.75, 3.05) is 12.3 Å². The molecule has 0 saturated carbocycles. The third-order valence-corrected chi connectivity index (χ3v) is 13.5. The molecule has 0 N–H and O–H groups in total. The fraction of sp³-hybridized carbons (Fsp3) is 0.294. The maximum Gasteiger partial charge on any atom is -0.0160 e. The Morgan fingerprint density at radius 3 is 1.28 bits per heavy atom. The monoisotopic (exact) mass is 506 g/mol. The van der Waals surface area contributed by atoms with E-state index in [1.807, 2.05) is 0 Å². The molecule has 0 fully saturated rings. The van der Waals surface area contributed by atoms with Crippen LogP contribution in [0.25, 0.3) is 0 Å². The summed E-state index contributed by atoms with van der Waals surface area (Å²) in [5, 5.41) is 6.41. The summed E-state index contributed by atoms with van der Waals surface area (Å²) in [4.78, 5) is 0. The molecular weight excluding hydrogens is 470 g/mol. The second kappa shape index (κ2) is 11.4. The molecule has 36 heavy (non-hydrogen) atoms. The van der Waals surface area contributed by atoms with E-state index in [0.717, 1.165) is 0 Å². The molecule has 0 nitrogen and oxygen atoms in total. The van der Waals surface area contributed by atoms with Gasteiger partial charge in [0.25, 0.3) is 0 Å². The lowest BCUT2D eigenvalue weighted by Crippen LogP contribution is -2.25. The number of hydrogen-bond donors (Lipinski definition) is 0. The van der Waals surface area contributed by atoms with Crippen LogP contribution in [0.2, 0.25) is 0 Å². The molecule has 2 atom stereocenters. The molecule has 0 spiro atoms. The Balaban J connectivity index is 1.39. The highest BCUT2D eigenvalue weighted by Gasteiger charge is 2.25. The van der Waals surface area contributed by atoms with Crippen LogP contribution < -0.4 is 21.2 Å². The van der Waals surface area contributed by atoms with E-state index in [1.54, 1.807) is 43.5 Å². The van der Waals surface area contributed by atoms with E-state index in [4.69, 9.17) is 0 Å². The van der Waals surface area contributed by atoms with Crippen molar-refractivity contribution >= 4 is 37.1 Å². The molecule has 0 amide bonds. The van der Waals surface area contributed by atoms with Crippen LogP contribution in [0, 0.1) is 0 Å². The van der Waals surface area contributed by atoms with Crippen molar-refractivity contribution in [1.82, 2.24) is 0 Å². The molecule has 0 radical (unpaired) electrons. The quantitative estimate of drug-likeness (QED) is 0.237. The van der Waals surface area contributed by atoms with E-state index >= 15 is 0 Å². The van der Waals surface area contributed by atoms with Gasteiger partial charge < -0.3 is 0 Å². The predicted molar refractivity (Wildman–Crippen MR) is 161 cm³/mol. The molecular formula is C34H36P2. The standard InChI is InChI=1S/C34H36P2/c1-3-17-29(18-4-1)35(33-23-11-15-27-13-7-9-21-31(27)33)25-26-36(30-19-5-2-6-20-30)34-24-12-16-28-14-8-10-22-32(28)34/h1-6,11-12,15-20,23-24H,7-10,13-14,21-22,25-26H2. The molecule has 182 valence electrons. The minimum Gasteiger partial charge on any atom is -0.0622 e. The number of benzene rings is 4. The topological polar surface area (TPSA) is 0 Å². The molecule has 0 bridgehead atoms. The molecule has 2 unspecified atom stereocenters. The van der Waals surface area contributed by atoms with E-state index in [9.17, 15) is 0 Å². The Morgan fingerprint density at radius 2 is 0.833 bits per heavy atom. The third kappa shape index (κ3) is 5.09. The first-order valence-electron chi connectivity index (χ1n) is 13.8. The van der Waals surface area contributed by atoms with E-state index < -0.39 is 0 Å². The van der Waals surface area contributed by atoms with Crippen molar-refractivity contribution in [1.29, 1.82) is 0 Å². The van der Waals surface area contributed by atoms with Gasteiger partial charge in [-0.25, -0.2) is 0 Å². The van der Waals surface area contributed by atoms with E-state index in [1.165, 1.54) is 63.7 Å². The van der Waals surface area contributed by atoms with Gasteiger partial charge in [-0.15, -0.1) is 0 Å². The molecule has 0 aliphatic heterocycles. The Hall–Kier alpha value is -2.26. The summed E-state index contributed by atoms with van der Waals surface area (Å²) in [7, 11) is -0.748. The van der Waals surface area contributed by atoms with Gasteiger partial charge in [-0.05, 0) is 123 Å². The van der Waals surface area contributed by atoms with Crippen molar-refractivity contribution in [2.45, 2.75) is 51.4 Å². The summed E-state index contributed by atoms with van der Waals surface area (Å²) >= 11 is 0. The zero-order valence-corrected chi connectivity index (χ0v) is 23.0. The molecule has 4 aromatic rings. The molecule has 4 aromatic carbocycles. The fourth-order valence-corrected chi connectivity index (χ4v) is 12.1. The first-order valence-corrected chi connectivity index (χ1v) is 16.8.